The first-order valence-electron chi connectivity index (χ1n) is 6.97. The van der Waals surface area contributed by atoms with Crippen LogP contribution in [-0.2, 0) is 0 Å². The van der Waals surface area contributed by atoms with E-state index in [4.69, 9.17) is 10.5 Å². The Morgan fingerprint density at radius 2 is 2.14 bits per heavy atom. The number of urea groups is 1. The molecule has 2 heterocycles. The maximum absolute atomic E-state index is 12.2. The lowest BCUT2D eigenvalue weighted by molar-refractivity contribution is 0.200. The van der Waals surface area contributed by atoms with Gasteiger partial charge >= 0.3 is 6.03 Å². The minimum atomic E-state index is -0.0827. The molecule has 1 fully saturated rings. The lowest BCUT2D eigenvalue weighted by Crippen LogP contribution is -2.38. The summed E-state index contributed by atoms with van der Waals surface area (Å²) in [6.45, 7) is 1.62. The summed E-state index contributed by atoms with van der Waals surface area (Å²) in [6.07, 6.45) is 3.33. The average Bonchev–Trinajstić information content (AvgIpc) is 2.89. The number of piperidine rings is 1. The van der Waals surface area contributed by atoms with E-state index in [0.717, 1.165) is 36.1 Å². The highest BCUT2D eigenvalue weighted by Gasteiger charge is 2.18. The lowest BCUT2D eigenvalue weighted by atomic mass is 10.1. The summed E-state index contributed by atoms with van der Waals surface area (Å²) in [5, 5.41) is 3.44. The number of thiazole rings is 1. The molecule has 1 saturated heterocycles. The predicted octanol–water partition coefficient (Wildman–Crippen LogP) is 2.90. The highest BCUT2D eigenvalue weighted by Crippen LogP contribution is 2.34. The number of nitrogens with two attached hydrogens (primary N) is 1. The molecule has 0 saturated carbocycles. The molecular weight excluding hydrogens is 288 g/mol. The van der Waals surface area contributed by atoms with Gasteiger partial charge in [-0.05, 0) is 25.3 Å². The normalized spacial score (nSPS) is 15.2. The third-order valence-electron chi connectivity index (χ3n) is 3.56. The molecule has 7 heteroatoms. The summed E-state index contributed by atoms with van der Waals surface area (Å²) >= 11 is 1.40. The number of aromatic nitrogens is 1. The van der Waals surface area contributed by atoms with Crippen molar-refractivity contribution < 1.29 is 9.53 Å². The Labute approximate surface area is 126 Å². The van der Waals surface area contributed by atoms with Crippen LogP contribution in [0.3, 0.4) is 0 Å². The van der Waals surface area contributed by atoms with Crippen LogP contribution < -0.4 is 15.8 Å². The van der Waals surface area contributed by atoms with Gasteiger partial charge in [0.25, 0.3) is 0 Å². The maximum atomic E-state index is 12.2. The summed E-state index contributed by atoms with van der Waals surface area (Å²) in [6, 6.07) is 3.49. The molecule has 3 rings (SSSR count). The standard InChI is InChI=1S/C14H18N4O2S/c1-20-10-7-9(15)8-11-12(10)16-13(21-11)17-14(19)18-5-3-2-4-6-18/h7-8H,2-6,15H2,1H3,(H,16,17,19). The largest absolute Gasteiger partial charge is 0.494 e. The van der Waals surface area contributed by atoms with Gasteiger partial charge in [-0.15, -0.1) is 0 Å². The molecule has 0 bridgehead atoms. The van der Waals surface area contributed by atoms with Crippen LogP contribution >= 0.6 is 11.3 Å². The van der Waals surface area contributed by atoms with Gasteiger partial charge in [-0.25, -0.2) is 9.78 Å². The number of amides is 2. The molecule has 1 aromatic carbocycles. The SMILES string of the molecule is COc1cc(N)cc2sc(NC(=O)N3CCCCC3)nc12. The minimum absolute atomic E-state index is 0.0827. The van der Waals surface area contributed by atoms with Crippen LogP contribution in [0.15, 0.2) is 12.1 Å². The van der Waals surface area contributed by atoms with Crippen molar-refractivity contribution in [3.63, 3.8) is 0 Å². The number of methoxy groups -OCH3 is 1. The first-order valence-corrected chi connectivity index (χ1v) is 7.79. The number of ether oxygens (including phenoxy) is 1. The van der Waals surface area contributed by atoms with Gasteiger partial charge in [-0.2, -0.15) is 0 Å². The highest BCUT2D eigenvalue weighted by molar-refractivity contribution is 7.22. The maximum Gasteiger partial charge on any atom is 0.323 e. The van der Waals surface area contributed by atoms with Crippen LogP contribution in [0.2, 0.25) is 0 Å². The number of anilines is 2. The highest BCUT2D eigenvalue weighted by atomic mass is 32.1. The molecule has 0 unspecified atom stereocenters. The molecule has 1 aliphatic heterocycles. The number of carbonyl (C=O) groups is 1. The quantitative estimate of drug-likeness (QED) is 0.836. The van der Waals surface area contributed by atoms with E-state index < -0.39 is 0 Å². The van der Waals surface area contributed by atoms with Gasteiger partial charge in [-0.3, -0.25) is 5.32 Å². The first kappa shape index (κ1) is 13.9. The number of carbonyl (C=O) groups excluding carboxylic acids is 1. The second-order valence-electron chi connectivity index (χ2n) is 5.07. The number of likely N-dealkylation sites (tertiary alicyclic amines) is 1. The summed E-state index contributed by atoms with van der Waals surface area (Å²) in [7, 11) is 1.58. The van der Waals surface area contributed by atoms with Crippen molar-refractivity contribution in [3.8, 4) is 5.75 Å². The Balaban J connectivity index is 1.82. The Morgan fingerprint density at radius 1 is 1.38 bits per heavy atom. The molecule has 0 aliphatic carbocycles. The summed E-state index contributed by atoms with van der Waals surface area (Å²) in [5.74, 6) is 0.625. The Kier molecular flexibility index (Phi) is 3.83. The molecule has 1 aromatic heterocycles. The zero-order valence-electron chi connectivity index (χ0n) is 11.9. The van der Waals surface area contributed by atoms with Crippen molar-refractivity contribution in [2.75, 3.05) is 31.2 Å². The van der Waals surface area contributed by atoms with Crippen LogP contribution in [0.25, 0.3) is 10.2 Å². The van der Waals surface area contributed by atoms with Gasteiger partial charge in [0.1, 0.15) is 11.3 Å². The van der Waals surface area contributed by atoms with Gasteiger partial charge in [0.2, 0.25) is 0 Å². The molecule has 3 N–H and O–H groups in total. The van der Waals surface area contributed by atoms with Gasteiger partial charge in [0.05, 0.1) is 11.8 Å². The molecule has 2 aromatic rings. The van der Waals surface area contributed by atoms with Crippen molar-refractivity contribution in [2.45, 2.75) is 19.3 Å². The zero-order chi connectivity index (χ0) is 14.8. The third kappa shape index (κ3) is 2.87. The van der Waals surface area contributed by atoms with E-state index >= 15 is 0 Å². The Hall–Kier alpha value is -2.02. The number of nitrogens with zero attached hydrogens (tertiary/aromatic N) is 2. The Bertz CT molecular complexity index is 664. The second-order valence-corrected chi connectivity index (χ2v) is 6.10. The van der Waals surface area contributed by atoms with Crippen molar-refractivity contribution in [2.24, 2.45) is 0 Å². The molecule has 21 heavy (non-hydrogen) atoms. The number of rotatable bonds is 2. The first-order chi connectivity index (χ1) is 10.2. The number of hydrogen-bond acceptors (Lipinski definition) is 5. The van der Waals surface area contributed by atoms with Gasteiger partial charge in [0, 0.05) is 24.8 Å². The van der Waals surface area contributed by atoms with E-state index in [9.17, 15) is 4.79 Å². The van der Waals surface area contributed by atoms with E-state index in [-0.39, 0.29) is 6.03 Å². The van der Waals surface area contributed by atoms with E-state index in [2.05, 4.69) is 10.3 Å². The molecule has 6 nitrogen and oxygen atoms in total. The summed E-state index contributed by atoms with van der Waals surface area (Å²) < 4.78 is 6.19. The van der Waals surface area contributed by atoms with Crippen molar-refractivity contribution in [1.82, 2.24) is 9.88 Å². The van der Waals surface area contributed by atoms with Crippen LogP contribution in [0.4, 0.5) is 15.6 Å². The molecule has 112 valence electrons. The number of hydrogen-bond donors (Lipinski definition) is 2. The molecule has 0 spiro atoms. The molecule has 2 amide bonds. The number of nitrogen functional groups attached to an aromatic ring is 1. The lowest BCUT2D eigenvalue weighted by Gasteiger charge is -2.26. The Morgan fingerprint density at radius 3 is 2.86 bits per heavy atom. The van der Waals surface area contributed by atoms with Crippen LogP contribution in [0, 0.1) is 0 Å². The number of nitrogens with one attached hydrogen (secondary N) is 1. The van der Waals surface area contributed by atoms with Crippen molar-refractivity contribution >= 4 is 38.4 Å². The zero-order valence-corrected chi connectivity index (χ0v) is 12.7. The third-order valence-corrected chi connectivity index (χ3v) is 4.48. The van der Waals surface area contributed by atoms with Gasteiger partial charge in [-0.1, -0.05) is 11.3 Å². The fourth-order valence-corrected chi connectivity index (χ4v) is 3.42. The minimum Gasteiger partial charge on any atom is -0.494 e. The molecular formula is C14H18N4O2S. The van der Waals surface area contributed by atoms with E-state index in [0.29, 0.717) is 16.6 Å². The second kappa shape index (κ2) is 5.77. The fraction of sp³-hybridized carbons (Fsp3) is 0.429. The monoisotopic (exact) mass is 306 g/mol. The average molecular weight is 306 g/mol. The van der Waals surface area contributed by atoms with E-state index in [1.807, 2.05) is 11.0 Å². The number of fused-ring (bicyclic) bond motifs is 1. The smallest absolute Gasteiger partial charge is 0.323 e. The summed E-state index contributed by atoms with van der Waals surface area (Å²) in [5.41, 5.74) is 7.18. The molecule has 0 atom stereocenters. The van der Waals surface area contributed by atoms with Gasteiger partial charge in [0.15, 0.2) is 5.13 Å². The fourth-order valence-electron chi connectivity index (χ4n) is 2.50. The van der Waals surface area contributed by atoms with E-state index in [1.54, 1.807) is 13.2 Å². The van der Waals surface area contributed by atoms with Crippen LogP contribution in [0.5, 0.6) is 5.75 Å². The molecule has 1 aliphatic rings. The molecule has 0 radical (unpaired) electrons. The predicted molar refractivity (Wildman–Crippen MR) is 85.0 cm³/mol. The van der Waals surface area contributed by atoms with Crippen LogP contribution in [-0.4, -0.2) is 36.1 Å². The summed E-state index contributed by atoms with van der Waals surface area (Å²) in [4.78, 5) is 18.5. The van der Waals surface area contributed by atoms with Crippen molar-refractivity contribution in [3.05, 3.63) is 12.1 Å². The van der Waals surface area contributed by atoms with Gasteiger partial charge < -0.3 is 15.4 Å². The number of benzene rings is 1. The topological polar surface area (TPSA) is 80.5 Å². The van der Waals surface area contributed by atoms with Crippen LogP contribution in [0.1, 0.15) is 19.3 Å². The van der Waals surface area contributed by atoms with Crippen molar-refractivity contribution in [1.29, 1.82) is 0 Å². The van der Waals surface area contributed by atoms with E-state index in [1.165, 1.54) is 17.8 Å².